The molecule has 2 rings (SSSR count). The van der Waals surface area contributed by atoms with Crippen molar-refractivity contribution < 1.29 is 9.90 Å². The van der Waals surface area contributed by atoms with Crippen molar-refractivity contribution in [1.29, 1.82) is 0 Å². The molecule has 4 nitrogen and oxygen atoms in total. The maximum Gasteiger partial charge on any atom is 0.271 e. The number of thioether (sulfide) groups is 1. The lowest BCUT2D eigenvalue weighted by atomic mass is 10.2. The summed E-state index contributed by atoms with van der Waals surface area (Å²) in [6, 6.07) is 13.9. The number of nitrogens with one attached hydrogen (secondary N) is 1. The van der Waals surface area contributed by atoms with Crippen molar-refractivity contribution in [3.05, 3.63) is 59.7 Å². The molecule has 2 N–H and O–H groups in total. The van der Waals surface area contributed by atoms with E-state index >= 15 is 0 Å². The second kappa shape index (κ2) is 6.77. The van der Waals surface area contributed by atoms with Gasteiger partial charge in [-0.05, 0) is 42.2 Å². The fraction of sp³-hybridized carbons (Fsp3) is 0.0667. The number of amides is 1. The van der Waals surface area contributed by atoms with Crippen molar-refractivity contribution in [2.24, 2.45) is 5.10 Å². The molecule has 0 saturated carbocycles. The van der Waals surface area contributed by atoms with Crippen LogP contribution in [0.15, 0.2) is 58.5 Å². The van der Waals surface area contributed by atoms with Crippen LogP contribution in [0.3, 0.4) is 0 Å². The highest BCUT2D eigenvalue weighted by molar-refractivity contribution is 7.98. The Labute approximate surface area is 121 Å². The number of hydrogen-bond donors (Lipinski definition) is 2. The van der Waals surface area contributed by atoms with Gasteiger partial charge in [0, 0.05) is 10.5 Å². The Hall–Kier alpha value is -2.27. The number of phenolic OH excluding ortho intramolecular Hbond substituents is 1. The highest BCUT2D eigenvalue weighted by atomic mass is 32.2. The summed E-state index contributed by atoms with van der Waals surface area (Å²) in [6.45, 7) is 0. The standard InChI is InChI=1S/C15H14N2O2S/c1-20-14-7-5-11(6-8-14)10-16-17-15(19)12-3-2-4-13(18)9-12/h2-10,18H,1H3,(H,17,19)/b16-10-. The molecular formula is C15H14N2O2S. The van der Waals surface area contributed by atoms with Crippen LogP contribution in [0.4, 0.5) is 0 Å². The molecule has 5 heteroatoms. The lowest BCUT2D eigenvalue weighted by Crippen LogP contribution is -2.17. The molecule has 102 valence electrons. The molecular weight excluding hydrogens is 272 g/mol. The number of hydrazone groups is 1. The highest BCUT2D eigenvalue weighted by Crippen LogP contribution is 2.14. The Morgan fingerprint density at radius 3 is 2.65 bits per heavy atom. The van der Waals surface area contributed by atoms with Gasteiger partial charge in [0.1, 0.15) is 5.75 Å². The third kappa shape index (κ3) is 3.86. The maximum atomic E-state index is 11.7. The summed E-state index contributed by atoms with van der Waals surface area (Å²) in [5.74, 6) is -0.313. The topological polar surface area (TPSA) is 61.7 Å². The minimum absolute atomic E-state index is 0.0503. The third-order valence-electron chi connectivity index (χ3n) is 2.60. The summed E-state index contributed by atoms with van der Waals surface area (Å²) >= 11 is 1.67. The van der Waals surface area contributed by atoms with Crippen LogP contribution in [-0.4, -0.2) is 23.5 Å². The first-order valence-corrected chi connectivity index (χ1v) is 7.18. The zero-order chi connectivity index (χ0) is 14.4. The van der Waals surface area contributed by atoms with Crippen molar-refractivity contribution in [3.8, 4) is 5.75 Å². The van der Waals surface area contributed by atoms with E-state index in [1.54, 1.807) is 30.1 Å². The number of phenols is 1. The molecule has 0 bridgehead atoms. The molecule has 1 amide bonds. The van der Waals surface area contributed by atoms with Crippen LogP contribution in [0.1, 0.15) is 15.9 Å². The quantitative estimate of drug-likeness (QED) is 0.516. The number of rotatable bonds is 4. The molecule has 20 heavy (non-hydrogen) atoms. The normalized spacial score (nSPS) is 10.7. The van der Waals surface area contributed by atoms with E-state index in [1.807, 2.05) is 30.5 Å². The lowest BCUT2D eigenvalue weighted by Gasteiger charge is -2.00. The molecule has 0 atom stereocenters. The lowest BCUT2D eigenvalue weighted by molar-refractivity contribution is 0.0954. The summed E-state index contributed by atoms with van der Waals surface area (Å²) in [4.78, 5) is 12.9. The molecule has 0 radical (unpaired) electrons. The number of nitrogens with zero attached hydrogens (tertiary/aromatic N) is 1. The van der Waals surface area contributed by atoms with Crippen LogP contribution in [-0.2, 0) is 0 Å². The van der Waals surface area contributed by atoms with Gasteiger partial charge in [-0.15, -0.1) is 11.8 Å². The predicted octanol–water partition coefficient (Wildman–Crippen LogP) is 2.88. The summed E-state index contributed by atoms with van der Waals surface area (Å²) in [6.07, 6.45) is 3.59. The minimum Gasteiger partial charge on any atom is -0.508 e. The largest absolute Gasteiger partial charge is 0.508 e. The zero-order valence-electron chi connectivity index (χ0n) is 10.9. The van der Waals surface area contributed by atoms with E-state index in [1.165, 1.54) is 17.0 Å². The van der Waals surface area contributed by atoms with Gasteiger partial charge < -0.3 is 5.11 Å². The van der Waals surface area contributed by atoms with E-state index in [0.29, 0.717) is 5.56 Å². The third-order valence-corrected chi connectivity index (χ3v) is 3.35. The van der Waals surface area contributed by atoms with E-state index in [0.717, 1.165) is 5.56 Å². The number of carbonyl (C=O) groups is 1. The van der Waals surface area contributed by atoms with E-state index < -0.39 is 0 Å². The number of benzene rings is 2. The van der Waals surface area contributed by atoms with Gasteiger partial charge in [-0.1, -0.05) is 18.2 Å². The molecule has 2 aromatic rings. The molecule has 0 heterocycles. The van der Waals surface area contributed by atoms with Gasteiger partial charge in [-0.2, -0.15) is 5.10 Å². The van der Waals surface area contributed by atoms with E-state index in [9.17, 15) is 9.90 Å². The van der Waals surface area contributed by atoms with Crippen LogP contribution in [0.25, 0.3) is 0 Å². The Morgan fingerprint density at radius 2 is 2.00 bits per heavy atom. The number of carbonyl (C=O) groups excluding carboxylic acids is 1. The van der Waals surface area contributed by atoms with Gasteiger partial charge in [-0.3, -0.25) is 4.79 Å². The molecule has 0 aliphatic rings. The Balaban J connectivity index is 1.97. The summed E-state index contributed by atoms with van der Waals surface area (Å²) < 4.78 is 0. The smallest absolute Gasteiger partial charge is 0.271 e. The summed E-state index contributed by atoms with van der Waals surface area (Å²) in [5, 5.41) is 13.2. The number of hydrogen-bond acceptors (Lipinski definition) is 4. The van der Waals surface area contributed by atoms with Crippen molar-refractivity contribution in [1.82, 2.24) is 5.43 Å². The first-order chi connectivity index (χ1) is 9.69. The van der Waals surface area contributed by atoms with Gasteiger partial charge in [-0.25, -0.2) is 5.43 Å². The van der Waals surface area contributed by atoms with E-state index in [2.05, 4.69) is 10.5 Å². The first kappa shape index (κ1) is 14.1. The van der Waals surface area contributed by atoms with E-state index in [-0.39, 0.29) is 11.7 Å². The molecule has 0 saturated heterocycles. The minimum atomic E-state index is -0.363. The first-order valence-electron chi connectivity index (χ1n) is 5.95. The fourth-order valence-corrected chi connectivity index (χ4v) is 1.98. The van der Waals surface area contributed by atoms with Gasteiger partial charge in [0.15, 0.2) is 0 Å². The second-order valence-electron chi connectivity index (χ2n) is 4.02. The van der Waals surface area contributed by atoms with Gasteiger partial charge in [0.05, 0.1) is 6.21 Å². The van der Waals surface area contributed by atoms with Crippen molar-refractivity contribution >= 4 is 23.9 Å². The molecule has 0 aromatic heterocycles. The Bertz CT molecular complexity index is 624. The van der Waals surface area contributed by atoms with Crippen LogP contribution >= 0.6 is 11.8 Å². The average molecular weight is 286 g/mol. The zero-order valence-corrected chi connectivity index (χ0v) is 11.7. The summed E-state index contributed by atoms with van der Waals surface area (Å²) in [5.41, 5.74) is 3.68. The molecule has 0 unspecified atom stereocenters. The van der Waals surface area contributed by atoms with E-state index in [4.69, 9.17) is 0 Å². The van der Waals surface area contributed by atoms with Crippen molar-refractivity contribution in [3.63, 3.8) is 0 Å². The van der Waals surface area contributed by atoms with Crippen LogP contribution in [0.2, 0.25) is 0 Å². The van der Waals surface area contributed by atoms with Gasteiger partial charge in [0.2, 0.25) is 0 Å². The number of aromatic hydroxyl groups is 1. The molecule has 0 aliphatic heterocycles. The van der Waals surface area contributed by atoms with Crippen molar-refractivity contribution in [2.75, 3.05) is 6.26 Å². The van der Waals surface area contributed by atoms with Crippen molar-refractivity contribution in [2.45, 2.75) is 4.90 Å². The molecule has 0 fully saturated rings. The Morgan fingerprint density at radius 1 is 1.25 bits per heavy atom. The van der Waals surface area contributed by atoms with Gasteiger partial charge in [0.25, 0.3) is 5.91 Å². The predicted molar refractivity (Wildman–Crippen MR) is 81.4 cm³/mol. The highest BCUT2D eigenvalue weighted by Gasteiger charge is 2.03. The second-order valence-corrected chi connectivity index (χ2v) is 4.90. The van der Waals surface area contributed by atoms with Crippen LogP contribution in [0.5, 0.6) is 5.75 Å². The molecule has 0 spiro atoms. The maximum absolute atomic E-state index is 11.7. The molecule has 2 aromatic carbocycles. The van der Waals surface area contributed by atoms with Crippen LogP contribution in [0, 0.1) is 0 Å². The van der Waals surface area contributed by atoms with Crippen LogP contribution < -0.4 is 5.43 Å². The SMILES string of the molecule is CSc1ccc(/C=N\NC(=O)c2cccc(O)c2)cc1. The Kier molecular flexibility index (Phi) is 4.79. The summed E-state index contributed by atoms with van der Waals surface area (Å²) in [7, 11) is 0. The van der Waals surface area contributed by atoms with Gasteiger partial charge >= 0.3 is 0 Å². The average Bonchev–Trinajstić information content (AvgIpc) is 2.48. The fourth-order valence-electron chi connectivity index (χ4n) is 1.57. The monoisotopic (exact) mass is 286 g/mol. The molecule has 0 aliphatic carbocycles.